The van der Waals surface area contributed by atoms with Crippen LogP contribution in [0.3, 0.4) is 0 Å². The zero-order chi connectivity index (χ0) is 10.7. The lowest BCUT2D eigenvalue weighted by Gasteiger charge is -2.06. The van der Waals surface area contributed by atoms with Crippen molar-refractivity contribution in [3.05, 3.63) is 36.2 Å². The molecule has 0 unspecified atom stereocenters. The van der Waals surface area contributed by atoms with Crippen LogP contribution < -0.4 is 4.74 Å². The summed E-state index contributed by atoms with van der Waals surface area (Å²) in [6.07, 6.45) is 3.29. The average molecular weight is 198 g/mol. The van der Waals surface area contributed by atoms with Gasteiger partial charge < -0.3 is 4.74 Å². The van der Waals surface area contributed by atoms with Gasteiger partial charge >= 0.3 is 0 Å². The van der Waals surface area contributed by atoms with Crippen LogP contribution in [0.25, 0.3) is 10.8 Å². The molecule has 74 valence electrons. The Morgan fingerprint density at radius 1 is 1.33 bits per heavy atom. The second kappa shape index (κ2) is 3.97. The van der Waals surface area contributed by atoms with Gasteiger partial charge in [0, 0.05) is 23.2 Å². The lowest BCUT2D eigenvalue weighted by atomic mass is 10.1. The summed E-state index contributed by atoms with van der Waals surface area (Å²) in [5.74, 6) is 0.777. The first-order valence-electron chi connectivity index (χ1n) is 4.76. The first kappa shape index (κ1) is 9.47. The Hall–Kier alpha value is -2.08. The average Bonchev–Trinajstić information content (AvgIpc) is 2.29. The molecule has 0 saturated heterocycles. The standard InChI is InChI=1S/C12H10N2O/c1-2-15-12-5-3-4-10-9(6-13)7-14-8-11(10)12/h3-5,7-8H,2H2,1H3. The third kappa shape index (κ3) is 1.62. The highest BCUT2D eigenvalue weighted by molar-refractivity contribution is 5.91. The second-order valence-electron chi connectivity index (χ2n) is 3.08. The van der Waals surface area contributed by atoms with Crippen molar-refractivity contribution in [2.24, 2.45) is 0 Å². The summed E-state index contributed by atoms with van der Waals surface area (Å²) in [7, 11) is 0. The van der Waals surface area contributed by atoms with Crippen LogP contribution in [-0.2, 0) is 0 Å². The predicted octanol–water partition coefficient (Wildman–Crippen LogP) is 2.51. The number of aromatic nitrogens is 1. The molecule has 0 saturated carbocycles. The summed E-state index contributed by atoms with van der Waals surface area (Å²) in [6.45, 7) is 2.54. The molecule has 2 aromatic rings. The number of hydrogen-bond acceptors (Lipinski definition) is 3. The molecule has 0 amide bonds. The van der Waals surface area contributed by atoms with Crippen molar-refractivity contribution in [1.82, 2.24) is 4.98 Å². The zero-order valence-electron chi connectivity index (χ0n) is 8.40. The van der Waals surface area contributed by atoms with E-state index in [0.29, 0.717) is 12.2 Å². The molecule has 0 aliphatic heterocycles. The Morgan fingerprint density at radius 2 is 2.20 bits per heavy atom. The maximum Gasteiger partial charge on any atom is 0.128 e. The summed E-state index contributed by atoms with van der Waals surface area (Å²) >= 11 is 0. The van der Waals surface area contributed by atoms with Crippen molar-refractivity contribution in [2.45, 2.75) is 6.92 Å². The zero-order valence-corrected chi connectivity index (χ0v) is 8.40. The minimum atomic E-state index is 0.578. The van der Waals surface area contributed by atoms with Crippen LogP contribution in [0.15, 0.2) is 30.6 Å². The van der Waals surface area contributed by atoms with Gasteiger partial charge in [0.15, 0.2) is 0 Å². The van der Waals surface area contributed by atoms with Crippen molar-refractivity contribution in [2.75, 3.05) is 6.61 Å². The number of benzene rings is 1. The normalized spacial score (nSPS) is 9.87. The van der Waals surface area contributed by atoms with E-state index < -0.39 is 0 Å². The highest BCUT2D eigenvalue weighted by Gasteiger charge is 2.05. The Kier molecular flexibility index (Phi) is 2.51. The number of hydrogen-bond donors (Lipinski definition) is 0. The van der Waals surface area contributed by atoms with E-state index in [0.717, 1.165) is 16.5 Å². The Balaban J connectivity index is 2.72. The van der Waals surface area contributed by atoms with Gasteiger partial charge in [-0.2, -0.15) is 5.26 Å². The Bertz CT molecular complexity index is 529. The van der Waals surface area contributed by atoms with Crippen LogP contribution in [-0.4, -0.2) is 11.6 Å². The summed E-state index contributed by atoms with van der Waals surface area (Å²) in [6, 6.07) is 7.79. The minimum Gasteiger partial charge on any atom is -0.493 e. The maximum atomic E-state index is 8.93. The molecular weight excluding hydrogens is 188 g/mol. The molecule has 2 rings (SSSR count). The van der Waals surface area contributed by atoms with Crippen LogP contribution >= 0.6 is 0 Å². The van der Waals surface area contributed by atoms with Crippen LogP contribution in [0.2, 0.25) is 0 Å². The van der Waals surface area contributed by atoms with Gasteiger partial charge in [-0.15, -0.1) is 0 Å². The molecule has 3 nitrogen and oxygen atoms in total. The predicted molar refractivity (Wildman–Crippen MR) is 57.6 cm³/mol. The van der Waals surface area contributed by atoms with Gasteiger partial charge in [-0.1, -0.05) is 12.1 Å². The Labute approximate surface area is 87.9 Å². The van der Waals surface area contributed by atoms with E-state index in [-0.39, 0.29) is 0 Å². The van der Waals surface area contributed by atoms with Crippen molar-refractivity contribution in [3.8, 4) is 11.8 Å². The minimum absolute atomic E-state index is 0.578. The highest BCUT2D eigenvalue weighted by Crippen LogP contribution is 2.26. The monoisotopic (exact) mass is 198 g/mol. The smallest absolute Gasteiger partial charge is 0.128 e. The summed E-state index contributed by atoms with van der Waals surface area (Å²) < 4.78 is 5.47. The number of rotatable bonds is 2. The number of nitrogens with zero attached hydrogens (tertiary/aromatic N) is 2. The van der Waals surface area contributed by atoms with Gasteiger partial charge in [0.1, 0.15) is 11.8 Å². The molecule has 1 heterocycles. The quantitative estimate of drug-likeness (QED) is 0.744. The van der Waals surface area contributed by atoms with Crippen LogP contribution in [0.1, 0.15) is 12.5 Å². The van der Waals surface area contributed by atoms with E-state index in [1.165, 1.54) is 0 Å². The molecule has 3 heteroatoms. The lowest BCUT2D eigenvalue weighted by Crippen LogP contribution is -1.93. The maximum absolute atomic E-state index is 8.93. The summed E-state index contributed by atoms with van der Waals surface area (Å²) in [5, 5.41) is 10.7. The topological polar surface area (TPSA) is 45.9 Å². The van der Waals surface area contributed by atoms with E-state index in [9.17, 15) is 0 Å². The van der Waals surface area contributed by atoms with Gasteiger partial charge in [0.2, 0.25) is 0 Å². The third-order valence-corrected chi connectivity index (χ3v) is 2.18. The lowest BCUT2D eigenvalue weighted by molar-refractivity contribution is 0.344. The van der Waals surface area contributed by atoms with Gasteiger partial charge in [-0.3, -0.25) is 4.98 Å². The molecule has 1 aromatic heterocycles. The van der Waals surface area contributed by atoms with Gasteiger partial charge in [-0.25, -0.2) is 0 Å². The first-order chi connectivity index (χ1) is 7.36. The molecule has 15 heavy (non-hydrogen) atoms. The molecule has 0 bridgehead atoms. The van der Waals surface area contributed by atoms with Gasteiger partial charge in [-0.05, 0) is 13.0 Å². The fourth-order valence-corrected chi connectivity index (χ4v) is 1.54. The third-order valence-electron chi connectivity index (χ3n) is 2.18. The van der Waals surface area contributed by atoms with E-state index in [1.54, 1.807) is 12.4 Å². The molecule has 0 N–H and O–H groups in total. The van der Waals surface area contributed by atoms with Crippen molar-refractivity contribution >= 4 is 10.8 Å². The highest BCUT2D eigenvalue weighted by atomic mass is 16.5. The van der Waals surface area contributed by atoms with Crippen molar-refractivity contribution < 1.29 is 4.74 Å². The van der Waals surface area contributed by atoms with E-state index in [2.05, 4.69) is 11.1 Å². The molecule has 0 aliphatic carbocycles. The largest absolute Gasteiger partial charge is 0.493 e. The van der Waals surface area contributed by atoms with Gasteiger partial charge in [0.05, 0.1) is 12.2 Å². The number of fused-ring (bicyclic) bond motifs is 1. The fraction of sp³-hybridized carbons (Fsp3) is 0.167. The van der Waals surface area contributed by atoms with Crippen molar-refractivity contribution in [3.63, 3.8) is 0 Å². The molecule has 0 radical (unpaired) electrons. The van der Waals surface area contributed by atoms with Crippen LogP contribution in [0, 0.1) is 11.3 Å². The van der Waals surface area contributed by atoms with E-state index >= 15 is 0 Å². The number of pyridine rings is 1. The van der Waals surface area contributed by atoms with Crippen molar-refractivity contribution in [1.29, 1.82) is 5.26 Å². The second-order valence-corrected chi connectivity index (χ2v) is 3.08. The molecule has 0 fully saturated rings. The molecule has 0 aliphatic rings. The number of nitriles is 1. The molecule has 0 spiro atoms. The summed E-state index contributed by atoms with van der Waals surface area (Å²) in [4.78, 5) is 4.02. The SMILES string of the molecule is CCOc1cccc2c(C#N)cncc12. The number of ether oxygens (including phenoxy) is 1. The molecule has 1 aromatic carbocycles. The van der Waals surface area contributed by atoms with Crippen LogP contribution in [0.4, 0.5) is 0 Å². The van der Waals surface area contributed by atoms with E-state index in [4.69, 9.17) is 10.00 Å². The summed E-state index contributed by atoms with van der Waals surface area (Å²) in [5.41, 5.74) is 0.578. The molecule has 0 atom stereocenters. The van der Waals surface area contributed by atoms with E-state index in [1.807, 2.05) is 25.1 Å². The van der Waals surface area contributed by atoms with Crippen LogP contribution in [0.5, 0.6) is 5.75 Å². The molecular formula is C12H10N2O. The first-order valence-corrected chi connectivity index (χ1v) is 4.76. The fourth-order valence-electron chi connectivity index (χ4n) is 1.54. The Morgan fingerprint density at radius 3 is 2.93 bits per heavy atom. The van der Waals surface area contributed by atoms with Gasteiger partial charge in [0.25, 0.3) is 0 Å².